The van der Waals surface area contributed by atoms with Gasteiger partial charge in [-0.15, -0.1) is 0 Å². The van der Waals surface area contributed by atoms with Crippen LogP contribution in [0.2, 0.25) is 5.02 Å². The molecular weight excluding hydrogens is 334 g/mol. The van der Waals surface area contributed by atoms with Gasteiger partial charge in [0.05, 0.1) is 0 Å². The van der Waals surface area contributed by atoms with Crippen LogP contribution in [0, 0.1) is 4.78 Å². The van der Waals surface area contributed by atoms with E-state index in [0.717, 1.165) is 36.0 Å². The van der Waals surface area contributed by atoms with Crippen molar-refractivity contribution in [3.05, 3.63) is 70.2 Å². The Kier molecular flexibility index (Phi) is 8.22. The standard InChI is InChI=1S/C17H17ClO.HNO2S/c1-2-3-7-14-12-15(18)10-11-16(14)17(19)13-8-5-4-6-9-13;1-4(2)3/h4-6,8-12H,2-3,7H2,1H3;1H. The molecule has 0 fully saturated rings. The molecule has 2 rings (SSSR count). The van der Waals surface area contributed by atoms with E-state index >= 15 is 0 Å². The number of aryl methyl sites for hydroxylation is 1. The zero-order valence-electron chi connectivity index (χ0n) is 12.8. The van der Waals surface area contributed by atoms with Gasteiger partial charge in [0, 0.05) is 16.1 Å². The van der Waals surface area contributed by atoms with Gasteiger partial charge in [0.2, 0.25) is 0 Å². The Hall–Kier alpha value is -1.98. The molecule has 0 atom stereocenters. The molecule has 0 aromatic heterocycles. The third-order valence-corrected chi connectivity index (χ3v) is 3.38. The summed E-state index contributed by atoms with van der Waals surface area (Å²) in [6.07, 6.45) is 3.06. The Morgan fingerprint density at radius 1 is 1.13 bits per heavy atom. The third kappa shape index (κ3) is 6.76. The third-order valence-electron chi connectivity index (χ3n) is 3.15. The van der Waals surface area contributed by atoms with Crippen LogP contribution in [0.25, 0.3) is 0 Å². The van der Waals surface area contributed by atoms with E-state index in [9.17, 15) is 4.79 Å². The van der Waals surface area contributed by atoms with Gasteiger partial charge in [0.25, 0.3) is 0 Å². The van der Waals surface area contributed by atoms with E-state index in [1.807, 2.05) is 42.5 Å². The molecule has 0 aliphatic heterocycles. The minimum absolute atomic E-state index is 0.0726. The topological polar surface area (TPSA) is 75.1 Å². The van der Waals surface area contributed by atoms with E-state index < -0.39 is 10.5 Å². The summed E-state index contributed by atoms with van der Waals surface area (Å²) in [4.78, 5) is 12.5. The molecule has 0 aliphatic rings. The first-order chi connectivity index (χ1) is 11.0. The molecule has 0 spiro atoms. The molecule has 122 valence electrons. The van der Waals surface area contributed by atoms with Crippen molar-refractivity contribution in [3.8, 4) is 0 Å². The summed E-state index contributed by atoms with van der Waals surface area (Å²) in [5.74, 6) is 0.0726. The average Bonchev–Trinajstić information content (AvgIpc) is 2.52. The van der Waals surface area contributed by atoms with E-state index in [1.54, 1.807) is 6.07 Å². The van der Waals surface area contributed by atoms with Crippen LogP contribution >= 0.6 is 11.6 Å². The number of carbonyl (C=O) groups excluding carboxylic acids is 1. The number of halogens is 1. The number of ketones is 1. The molecule has 2 aromatic carbocycles. The molecule has 0 aliphatic carbocycles. The fraction of sp³-hybridized carbons (Fsp3) is 0.235. The molecule has 23 heavy (non-hydrogen) atoms. The number of benzene rings is 2. The van der Waals surface area contributed by atoms with Gasteiger partial charge >= 0.3 is 10.5 Å². The molecule has 0 bridgehead atoms. The number of nitrogens with one attached hydrogen (secondary N) is 1. The summed E-state index contributed by atoms with van der Waals surface area (Å²) in [5.41, 5.74) is 2.54. The predicted octanol–water partition coefficient (Wildman–Crippen LogP) is 4.54. The maximum atomic E-state index is 12.5. The van der Waals surface area contributed by atoms with Gasteiger partial charge in [-0.25, -0.2) is 0 Å². The second-order valence-electron chi connectivity index (χ2n) is 4.83. The number of rotatable bonds is 5. The maximum absolute atomic E-state index is 12.5. The maximum Gasteiger partial charge on any atom is 0.308 e. The van der Waals surface area contributed by atoms with Crippen molar-refractivity contribution < 1.29 is 13.2 Å². The zero-order chi connectivity index (χ0) is 17.2. The molecule has 2 aromatic rings. The van der Waals surface area contributed by atoms with Gasteiger partial charge in [-0.05, 0) is 36.6 Å². The summed E-state index contributed by atoms with van der Waals surface area (Å²) >= 11 is 6.04. The van der Waals surface area contributed by atoms with Crippen LogP contribution in [0.15, 0.2) is 48.5 Å². The van der Waals surface area contributed by atoms with Crippen LogP contribution in [0.5, 0.6) is 0 Å². The van der Waals surface area contributed by atoms with Gasteiger partial charge in [-0.2, -0.15) is 13.2 Å². The summed E-state index contributed by atoms with van der Waals surface area (Å²) < 4.78 is 22.8. The number of carbonyl (C=O) groups is 1. The molecular formula is C17H18ClNO3S. The Labute approximate surface area is 142 Å². The summed E-state index contributed by atoms with van der Waals surface area (Å²) in [6.45, 7) is 2.14. The molecule has 0 saturated carbocycles. The smallest absolute Gasteiger partial charge is 0.289 e. The van der Waals surface area contributed by atoms with Gasteiger partial charge in [0.1, 0.15) is 0 Å². The predicted molar refractivity (Wildman–Crippen MR) is 91.6 cm³/mol. The van der Waals surface area contributed by atoms with Crippen LogP contribution in [-0.2, 0) is 16.9 Å². The monoisotopic (exact) mass is 351 g/mol. The van der Waals surface area contributed by atoms with Crippen molar-refractivity contribution in [1.82, 2.24) is 0 Å². The molecule has 6 heteroatoms. The molecule has 0 saturated heterocycles. The zero-order valence-corrected chi connectivity index (χ0v) is 14.3. The van der Waals surface area contributed by atoms with Gasteiger partial charge < -0.3 is 0 Å². The number of unbranched alkanes of at least 4 members (excludes halogenated alkanes) is 1. The lowest BCUT2D eigenvalue weighted by Crippen LogP contribution is -2.05. The Morgan fingerprint density at radius 3 is 2.30 bits per heavy atom. The summed E-state index contributed by atoms with van der Waals surface area (Å²) in [5, 5.41) is 0.690. The van der Waals surface area contributed by atoms with Crippen LogP contribution in [0.3, 0.4) is 0 Å². The second kappa shape index (κ2) is 9.92. The Bertz CT molecular complexity index is 752. The second-order valence-corrected chi connectivity index (χ2v) is 5.74. The molecule has 0 heterocycles. The first kappa shape index (κ1) is 19.1. The van der Waals surface area contributed by atoms with Gasteiger partial charge in [-0.3, -0.25) is 4.79 Å². The normalized spacial score (nSPS) is 9.65. The number of hydrogen-bond donors (Lipinski definition) is 1. The Morgan fingerprint density at radius 2 is 1.74 bits per heavy atom. The molecule has 0 amide bonds. The summed E-state index contributed by atoms with van der Waals surface area (Å²) in [6, 6.07) is 14.9. The van der Waals surface area contributed by atoms with Crippen LogP contribution in [-0.4, -0.2) is 14.2 Å². The molecule has 4 nitrogen and oxygen atoms in total. The minimum atomic E-state index is -2.61. The van der Waals surface area contributed by atoms with Crippen molar-refractivity contribution in [3.63, 3.8) is 0 Å². The molecule has 0 radical (unpaired) electrons. The van der Waals surface area contributed by atoms with Crippen molar-refractivity contribution in [2.75, 3.05) is 0 Å². The van der Waals surface area contributed by atoms with Crippen LogP contribution < -0.4 is 0 Å². The molecule has 0 unspecified atom stereocenters. The highest BCUT2D eigenvalue weighted by atomic mass is 35.5. The van der Waals surface area contributed by atoms with E-state index in [0.29, 0.717) is 5.02 Å². The number of hydrogen-bond acceptors (Lipinski definition) is 4. The van der Waals surface area contributed by atoms with Crippen LogP contribution in [0.4, 0.5) is 0 Å². The van der Waals surface area contributed by atoms with E-state index in [-0.39, 0.29) is 5.78 Å². The average molecular weight is 352 g/mol. The van der Waals surface area contributed by atoms with E-state index in [2.05, 4.69) is 6.92 Å². The highest BCUT2D eigenvalue weighted by Gasteiger charge is 2.13. The lowest BCUT2D eigenvalue weighted by molar-refractivity contribution is 0.103. The fourth-order valence-corrected chi connectivity index (χ4v) is 2.30. The quantitative estimate of drug-likeness (QED) is 0.803. The minimum Gasteiger partial charge on any atom is -0.289 e. The van der Waals surface area contributed by atoms with E-state index in [1.165, 1.54) is 0 Å². The SMILES string of the molecule is CCCCc1cc(Cl)ccc1C(=O)c1ccccc1.N=S(=O)=O. The van der Waals surface area contributed by atoms with Gasteiger partial charge in [0.15, 0.2) is 5.78 Å². The Balaban J connectivity index is 0.000000593. The highest BCUT2D eigenvalue weighted by Crippen LogP contribution is 2.21. The van der Waals surface area contributed by atoms with Crippen molar-refractivity contribution >= 4 is 27.9 Å². The van der Waals surface area contributed by atoms with Crippen LogP contribution in [0.1, 0.15) is 41.3 Å². The van der Waals surface area contributed by atoms with Crippen molar-refractivity contribution in [2.24, 2.45) is 0 Å². The summed E-state index contributed by atoms with van der Waals surface area (Å²) in [7, 11) is -2.61. The van der Waals surface area contributed by atoms with Crippen molar-refractivity contribution in [1.29, 1.82) is 4.78 Å². The fourth-order valence-electron chi connectivity index (χ4n) is 2.10. The van der Waals surface area contributed by atoms with Crippen molar-refractivity contribution in [2.45, 2.75) is 26.2 Å². The van der Waals surface area contributed by atoms with Gasteiger partial charge in [-0.1, -0.05) is 55.3 Å². The molecule has 1 N–H and O–H groups in total. The lowest BCUT2D eigenvalue weighted by Gasteiger charge is -2.09. The van der Waals surface area contributed by atoms with E-state index in [4.69, 9.17) is 24.8 Å². The first-order valence-electron chi connectivity index (χ1n) is 7.14. The first-order valence-corrected chi connectivity index (χ1v) is 8.59. The lowest BCUT2D eigenvalue weighted by atomic mass is 9.95. The highest BCUT2D eigenvalue weighted by molar-refractivity contribution is 7.60. The largest absolute Gasteiger partial charge is 0.308 e.